The standard InChI is InChI=1S/C10H17NO3/c1-10(2,3)14-9(12)8-5-4-6-13-11-7-8/h5,11H,4,6-7H2,1-3H3. The summed E-state index contributed by atoms with van der Waals surface area (Å²) >= 11 is 0. The molecule has 4 heteroatoms. The Bertz CT molecular complexity index is 240. The second kappa shape index (κ2) is 4.57. The van der Waals surface area contributed by atoms with Crippen LogP contribution in [-0.4, -0.2) is 24.7 Å². The molecule has 80 valence electrons. The van der Waals surface area contributed by atoms with Gasteiger partial charge < -0.3 is 9.57 Å². The van der Waals surface area contributed by atoms with Gasteiger partial charge in [-0.3, -0.25) is 0 Å². The Labute approximate surface area is 84.2 Å². The van der Waals surface area contributed by atoms with Crippen LogP contribution in [0.1, 0.15) is 27.2 Å². The molecular weight excluding hydrogens is 182 g/mol. The summed E-state index contributed by atoms with van der Waals surface area (Å²) < 4.78 is 5.23. The number of carbonyl (C=O) groups excluding carboxylic acids is 1. The Morgan fingerprint density at radius 2 is 2.29 bits per heavy atom. The number of rotatable bonds is 1. The average Bonchev–Trinajstić information content (AvgIpc) is 2.27. The maximum absolute atomic E-state index is 11.6. The van der Waals surface area contributed by atoms with Gasteiger partial charge in [-0.1, -0.05) is 6.08 Å². The monoisotopic (exact) mass is 199 g/mol. The van der Waals surface area contributed by atoms with Crippen LogP contribution in [0.4, 0.5) is 0 Å². The fourth-order valence-corrected chi connectivity index (χ4v) is 1.06. The lowest BCUT2D eigenvalue weighted by Crippen LogP contribution is -2.28. The van der Waals surface area contributed by atoms with Crippen molar-refractivity contribution >= 4 is 5.97 Å². The molecule has 0 radical (unpaired) electrons. The molecule has 4 nitrogen and oxygen atoms in total. The van der Waals surface area contributed by atoms with Gasteiger partial charge in [0.15, 0.2) is 0 Å². The lowest BCUT2D eigenvalue weighted by molar-refractivity contribution is -0.150. The Balaban J connectivity index is 2.54. The van der Waals surface area contributed by atoms with Gasteiger partial charge in [0.05, 0.1) is 13.2 Å². The average molecular weight is 199 g/mol. The first-order valence-corrected chi connectivity index (χ1v) is 4.76. The zero-order chi connectivity index (χ0) is 10.6. The Morgan fingerprint density at radius 3 is 2.93 bits per heavy atom. The molecule has 0 bridgehead atoms. The molecule has 0 aliphatic carbocycles. The van der Waals surface area contributed by atoms with Crippen LogP contribution in [0, 0.1) is 0 Å². The minimum atomic E-state index is -0.439. The van der Waals surface area contributed by atoms with Crippen LogP contribution >= 0.6 is 0 Å². The zero-order valence-corrected chi connectivity index (χ0v) is 8.92. The third kappa shape index (κ3) is 3.89. The van der Waals surface area contributed by atoms with E-state index in [2.05, 4.69) is 5.48 Å². The number of nitrogens with one attached hydrogen (secondary N) is 1. The van der Waals surface area contributed by atoms with Crippen LogP contribution in [0.5, 0.6) is 0 Å². The smallest absolute Gasteiger partial charge is 0.335 e. The van der Waals surface area contributed by atoms with Crippen molar-refractivity contribution in [3.63, 3.8) is 0 Å². The predicted molar refractivity (Wildman–Crippen MR) is 52.5 cm³/mol. The number of esters is 1. The Morgan fingerprint density at radius 1 is 1.57 bits per heavy atom. The number of hydrogen-bond donors (Lipinski definition) is 1. The number of ether oxygens (including phenoxy) is 1. The molecule has 0 spiro atoms. The highest BCUT2D eigenvalue weighted by Gasteiger charge is 2.20. The molecule has 0 fully saturated rings. The molecule has 0 aromatic carbocycles. The maximum atomic E-state index is 11.6. The summed E-state index contributed by atoms with van der Waals surface area (Å²) in [5.74, 6) is -0.268. The molecule has 0 saturated heterocycles. The lowest BCUT2D eigenvalue weighted by Gasteiger charge is -2.20. The summed E-state index contributed by atoms with van der Waals surface area (Å²) in [6.07, 6.45) is 2.59. The molecule has 1 aliphatic rings. The quantitative estimate of drug-likeness (QED) is 0.644. The third-order valence-electron chi connectivity index (χ3n) is 1.64. The molecule has 1 N–H and O–H groups in total. The first-order chi connectivity index (χ1) is 6.49. The van der Waals surface area contributed by atoms with Crippen LogP contribution in [0.25, 0.3) is 0 Å². The first-order valence-electron chi connectivity index (χ1n) is 4.76. The number of hydrogen-bond acceptors (Lipinski definition) is 4. The van der Waals surface area contributed by atoms with E-state index in [1.54, 1.807) is 0 Å². The van der Waals surface area contributed by atoms with Gasteiger partial charge >= 0.3 is 5.97 Å². The highest BCUT2D eigenvalue weighted by Crippen LogP contribution is 2.11. The van der Waals surface area contributed by atoms with Crippen molar-refractivity contribution in [2.45, 2.75) is 32.8 Å². The SMILES string of the molecule is CC(C)(C)OC(=O)C1=CCCONC1. The molecule has 0 unspecified atom stereocenters. The first kappa shape index (κ1) is 11.2. The molecule has 0 aromatic rings. The van der Waals surface area contributed by atoms with Gasteiger partial charge in [0.2, 0.25) is 0 Å². The van der Waals surface area contributed by atoms with Gasteiger partial charge in [-0.25, -0.2) is 4.79 Å². The Hall–Kier alpha value is -0.870. The molecule has 1 heterocycles. The van der Waals surface area contributed by atoms with Crippen molar-refractivity contribution in [3.8, 4) is 0 Å². The van der Waals surface area contributed by atoms with E-state index in [-0.39, 0.29) is 5.97 Å². The molecular formula is C10H17NO3. The minimum absolute atomic E-state index is 0.268. The van der Waals surface area contributed by atoms with E-state index in [9.17, 15) is 4.79 Å². The summed E-state index contributed by atoms with van der Waals surface area (Å²) in [6, 6.07) is 0. The van der Waals surface area contributed by atoms with E-state index < -0.39 is 5.60 Å². The van der Waals surface area contributed by atoms with Crippen molar-refractivity contribution in [1.82, 2.24) is 5.48 Å². The van der Waals surface area contributed by atoms with E-state index in [1.807, 2.05) is 26.8 Å². The van der Waals surface area contributed by atoms with Gasteiger partial charge in [-0.2, -0.15) is 5.48 Å². The summed E-state index contributed by atoms with van der Waals surface area (Å²) in [4.78, 5) is 16.6. The predicted octanol–water partition coefficient (Wildman–Crippen LogP) is 1.18. The third-order valence-corrected chi connectivity index (χ3v) is 1.64. The second-order valence-electron chi connectivity index (χ2n) is 4.19. The molecule has 1 aliphatic heterocycles. The molecule has 0 amide bonds. The summed E-state index contributed by atoms with van der Waals surface area (Å²) in [5, 5.41) is 0. The lowest BCUT2D eigenvalue weighted by atomic mass is 10.1. The fourth-order valence-electron chi connectivity index (χ4n) is 1.06. The van der Waals surface area contributed by atoms with Crippen molar-refractivity contribution in [3.05, 3.63) is 11.6 Å². The maximum Gasteiger partial charge on any atom is 0.335 e. The highest BCUT2D eigenvalue weighted by molar-refractivity contribution is 5.89. The molecule has 0 atom stereocenters. The van der Waals surface area contributed by atoms with E-state index in [4.69, 9.17) is 9.57 Å². The van der Waals surface area contributed by atoms with Gasteiger partial charge in [0.1, 0.15) is 5.60 Å². The van der Waals surface area contributed by atoms with Crippen molar-refractivity contribution in [2.24, 2.45) is 0 Å². The summed E-state index contributed by atoms with van der Waals surface area (Å²) in [6.45, 7) is 6.56. The summed E-state index contributed by atoms with van der Waals surface area (Å²) in [5.41, 5.74) is 2.89. The number of hydroxylamine groups is 1. The van der Waals surface area contributed by atoms with E-state index >= 15 is 0 Å². The van der Waals surface area contributed by atoms with Gasteiger partial charge in [-0.15, -0.1) is 0 Å². The Kier molecular flexibility index (Phi) is 3.66. The van der Waals surface area contributed by atoms with E-state index in [0.29, 0.717) is 18.7 Å². The zero-order valence-electron chi connectivity index (χ0n) is 8.92. The summed E-state index contributed by atoms with van der Waals surface area (Å²) in [7, 11) is 0. The van der Waals surface area contributed by atoms with Crippen LogP contribution in [0.2, 0.25) is 0 Å². The highest BCUT2D eigenvalue weighted by atomic mass is 16.6. The van der Waals surface area contributed by atoms with Gasteiger partial charge in [0.25, 0.3) is 0 Å². The molecule has 1 rings (SSSR count). The largest absolute Gasteiger partial charge is 0.457 e. The fraction of sp³-hybridized carbons (Fsp3) is 0.700. The van der Waals surface area contributed by atoms with Crippen LogP contribution in [-0.2, 0) is 14.4 Å². The van der Waals surface area contributed by atoms with E-state index in [1.165, 1.54) is 0 Å². The normalized spacial score (nSPS) is 18.4. The topological polar surface area (TPSA) is 47.6 Å². The minimum Gasteiger partial charge on any atom is -0.457 e. The van der Waals surface area contributed by atoms with Gasteiger partial charge in [-0.05, 0) is 27.2 Å². The van der Waals surface area contributed by atoms with Crippen LogP contribution < -0.4 is 5.48 Å². The second-order valence-corrected chi connectivity index (χ2v) is 4.19. The van der Waals surface area contributed by atoms with Crippen LogP contribution in [0.15, 0.2) is 11.6 Å². The molecule has 0 aromatic heterocycles. The van der Waals surface area contributed by atoms with E-state index in [0.717, 1.165) is 6.42 Å². The van der Waals surface area contributed by atoms with Crippen molar-refractivity contribution in [1.29, 1.82) is 0 Å². The molecule has 14 heavy (non-hydrogen) atoms. The molecule has 0 saturated carbocycles. The van der Waals surface area contributed by atoms with Crippen LogP contribution in [0.3, 0.4) is 0 Å². The van der Waals surface area contributed by atoms with Crippen molar-refractivity contribution in [2.75, 3.05) is 13.2 Å². The van der Waals surface area contributed by atoms with Gasteiger partial charge in [0, 0.05) is 5.57 Å². The van der Waals surface area contributed by atoms with Crippen molar-refractivity contribution < 1.29 is 14.4 Å². The number of carbonyl (C=O) groups is 1.